The zero-order chi connectivity index (χ0) is 17.8. The molecule has 0 spiro atoms. The Balaban J connectivity index is 1.63. The van der Waals surface area contributed by atoms with Crippen molar-refractivity contribution in [1.29, 1.82) is 0 Å². The number of carbonyl (C=O) groups excluding carboxylic acids is 1. The first-order chi connectivity index (χ1) is 12.1. The number of urea groups is 1. The topological polar surface area (TPSA) is 57.7 Å². The van der Waals surface area contributed by atoms with Crippen LogP contribution in [0, 0.1) is 12.7 Å². The van der Waals surface area contributed by atoms with E-state index in [9.17, 15) is 9.18 Å². The van der Waals surface area contributed by atoms with Gasteiger partial charge >= 0.3 is 6.03 Å². The highest BCUT2D eigenvalue weighted by atomic mass is 32.1. The van der Waals surface area contributed by atoms with Crippen molar-refractivity contribution in [2.75, 3.05) is 43.5 Å². The SMILES string of the molecule is COc1cc(F)ccc1NC(=O)N1CCCN(c2nc(C)cs2)CC1. The van der Waals surface area contributed by atoms with Crippen molar-refractivity contribution in [1.82, 2.24) is 9.88 Å². The van der Waals surface area contributed by atoms with Crippen LogP contribution in [0.2, 0.25) is 0 Å². The maximum Gasteiger partial charge on any atom is 0.322 e. The molecule has 0 radical (unpaired) electrons. The van der Waals surface area contributed by atoms with Crippen molar-refractivity contribution < 1.29 is 13.9 Å². The van der Waals surface area contributed by atoms with E-state index >= 15 is 0 Å². The predicted molar refractivity (Wildman–Crippen MR) is 97.2 cm³/mol. The molecule has 25 heavy (non-hydrogen) atoms. The summed E-state index contributed by atoms with van der Waals surface area (Å²) in [4.78, 5) is 21.1. The molecule has 1 aromatic carbocycles. The Hall–Kier alpha value is -2.35. The summed E-state index contributed by atoms with van der Waals surface area (Å²) in [5.41, 5.74) is 1.48. The fourth-order valence-electron chi connectivity index (χ4n) is 2.76. The molecule has 2 aromatic rings. The molecule has 6 nitrogen and oxygen atoms in total. The van der Waals surface area contributed by atoms with Gasteiger partial charge in [0.25, 0.3) is 0 Å². The highest BCUT2D eigenvalue weighted by Gasteiger charge is 2.21. The average molecular weight is 364 g/mol. The summed E-state index contributed by atoms with van der Waals surface area (Å²) in [5, 5.41) is 5.84. The number of rotatable bonds is 3. The summed E-state index contributed by atoms with van der Waals surface area (Å²) in [6, 6.07) is 3.86. The summed E-state index contributed by atoms with van der Waals surface area (Å²) in [6.45, 7) is 4.86. The minimum absolute atomic E-state index is 0.206. The van der Waals surface area contributed by atoms with E-state index in [1.165, 1.54) is 25.3 Å². The third-order valence-electron chi connectivity index (χ3n) is 4.07. The number of amides is 2. The lowest BCUT2D eigenvalue weighted by molar-refractivity contribution is 0.215. The summed E-state index contributed by atoms with van der Waals surface area (Å²) < 4.78 is 18.4. The van der Waals surface area contributed by atoms with Gasteiger partial charge in [-0.2, -0.15) is 0 Å². The van der Waals surface area contributed by atoms with Crippen LogP contribution in [0.3, 0.4) is 0 Å². The monoisotopic (exact) mass is 364 g/mol. The third-order valence-corrected chi connectivity index (χ3v) is 5.08. The van der Waals surface area contributed by atoms with Gasteiger partial charge in [0.2, 0.25) is 0 Å². The Kier molecular flexibility index (Phi) is 5.37. The number of aryl methyl sites for hydroxylation is 1. The molecule has 8 heteroatoms. The highest BCUT2D eigenvalue weighted by Crippen LogP contribution is 2.26. The molecule has 0 unspecified atom stereocenters. The first-order valence-electron chi connectivity index (χ1n) is 8.13. The number of nitrogens with zero attached hydrogens (tertiary/aromatic N) is 3. The third kappa shape index (κ3) is 4.19. The average Bonchev–Trinajstić information content (AvgIpc) is 2.88. The van der Waals surface area contributed by atoms with E-state index in [-0.39, 0.29) is 6.03 Å². The van der Waals surface area contributed by atoms with Crippen LogP contribution < -0.4 is 15.0 Å². The number of hydrogen-bond acceptors (Lipinski definition) is 5. The van der Waals surface area contributed by atoms with Crippen LogP contribution in [0.5, 0.6) is 5.75 Å². The number of benzene rings is 1. The van der Waals surface area contributed by atoms with Crippen LogP contribution in [0.15, 0.2) is 23.6 Å². The molecule has 1 aromatic heterocycles. The number of ether oxygens (including phenoxy) is 1. The Morgan fingerprint density at radius 1 is 1.32 bits per heavy atom. The number of thiazole rings is 1. The second-order valence-corrected chi connectivity index (χ2v) is 6.71. The normalized spacial score (nSPS) is 15.0. The minimum atomic E-state index is -0.404. The van der Waals surface area contributed by atoms with Crippen molar-refractivity contribution in [2.24, 2.45) is 0 Å². The summed E-state index contributed by atoms with van der Waals surface area (Å²) in [6.07, 6.45) is 0.868. The maximum absolute atomic E-state index is 13.3. The van der Waals surface area contributed by atoms with Crippen LogP contribution >= 0.6 is 11.3 Å². The fraction of sp³-hybridized carbons (Fsp3) is 0.412. The number of halogens is 1. The van der Waals surface area contributed by atoms with Gasteiger partial charge < -0.3 is 19.9 Å². The number of carbonyl (C=O) groups is 1. The Bertz CT molecular complexity index is 752. The molecule has 2 heterocycles. The Morgan fingerprint density at radius 3 is 2.88 bits per heavy atom. The van der Waals surface area contributed by atoms with E-state index in [1.54, 1.807) is 16.2 Å². The molecule has 1 N–H and O–H groups in total. The molecule has 1 aliphatic rings. The van der Waals surface area contributed by atoms with E-state index in [4.69, 9.17) is 4.74 Å². The van der Waals surface area contributed by atoms with Crippen LogP contribution in [0.25, 0.3) is 0 Å². The molecule has 1 aliphatic heterocycles. The molecule has 0 bridgehead atoms. The van der Waals surface area contributed by atoms with Crippen molar-refractivity contribution in [2.45, 2.75) is 13.3 Å². The maximum atomic E-state index is 13.3. The van der Waals surface area contributed by atoms with Gasteiger partial charge in [-0.05, 0) is 25.5 Å². The van der Waals surface area contributed by atoms with E-state index in [2.05, 4.69) is 15.2 Å². The predicted octanol–water partition coefficient (Wildman–Crippen LogP) is 3.34. The Labute approximate surface area is 150 Å². The van der Waals surface area contributed by atoms with Crippen molar-refractivity contribution in [3.8, 4) is 5.75 Å². The lowest BCUT2D eigenvalue weighted by Crippen LogP contribution is -2.38. The molecule has 0 aliphatic carbocycles. The first-order valence-corrected chi connectivity index (χ1v) is 9.01. The second-order valence-electron chi connectivity index (χ2n) is 5.87. The highest BCUT2D eigenvalue weighted by molar-refractivity contribution is 7.13. The molecule has 1 fully saturated rings. The van der Waals surface area contributed by atoms with E-state index in [0.717, 1.165) is 30.3 Å². The molecule has 3 rings (SSSR count). The number of nitrogens with one attached hydrogen (secondary N) is 1. The van der Waals surface area contributed by atoms with E-state index in [1.807, 2.05) is 12.3 Å². The lowest BCUT2D eigenvalue weighted by Gasteiger charge is -2.22. The van der Waals surface area contributed by atoms with Crippen molar-refractivity contribution >= 4 is 28.2 Å². The van der Waals surface area contributed by atoms with Crippen LogP contribution in [0.4, 0.5) is 20.0 Å². The first kappa shape index (κ1) is 17.5. The number of anilines is 2. The molecular weight excluding hydrogens is 343 g/mol. The number of aromatic nitrogens is 1. The van der Waals surface area contributed by atoms with Gasteiger partial charge in [-0.1, -0.05) is 0 Å². The Morgan fingerprint density at radius 2 is 2.16 bits per heavy atom. The van der Waals surface area contributed by atoms with Gasteiger partial charge in [-0.3, -0.25) is 0 Å². The summed E-state index contributed by atoms with van der Waals surface area (Å²) >= 11 is 1.63. The van der Waals surface area contributed by atoms with Gasteiger partial charge in [0.1, 0.15) is 11.6 Å². The van der Waals surface area contributed by atoms with Gasteiger partial charge in [0, 0.05) is 37.6 Å². The molecule has 0 saturated carbocycles. The standard InChI is InChI=1S/C17H21FN4O2S/c1-12-11-25-17(19-12)22-7-3-6-21(8-9-22)16(23)20-14-5-4-13(18)10-15(14)24-2/h4-5,10-11H,3,6-9H2,1-2H3,(H,20,23). The largest absolute Gasteiger partial charge is 0.494 e. The number of methoxy groups -OCH3 is 1. The van der Waals surface area contributed by atoms with Crippen molar-refractivity contribution in [3.63, 3.8) is 0 Å². The molecular formula is C17H21FN4O2S. The van der Waals surface area contributed by atoms with Crippen LogP contribution in [-0.4, -0.2) is 49.2 Å². The van der Waals surface area contributed by atoms with Gasteiger partial charge in [0.05, 0.1) is 18.5 Å². The second kappa shape index (κ2) is 7.69. The van der Waals surface area contributed by atoms with Gasteiger partial charge in [-0.15, -0.1) is 11.3 Å². The van der Waals surface area contributed by atoms with Crippen LogP contribution in [-0.2, 0) is 0 Å². The lowest BCUT2D eigenvalue weighted by atomic mass is 10.3. The van der Waals surface area contributed by atoms with Gasteiger partial charge in [0.15, 0.2) is 5.13 Å². The summed E-state index contributed by atoms with van der Waals surface area (Å²) in [7, 11) is 1.45. The summed E-state index contributed by atoms with van der Waals surface area (Å²) in [5.74, 6) is -0.0953. The smallest absolute Gasteiger partial charge is 0.322 e. The van der Waals surface area contributed by atoms with Crippen LogP contribution in [0.1, 0.15) is 12.1 Å². The quantitative estimate of drug-likeness (QED) is 0.907. The number of hydrogen-bond donors (Lipinski definition) is 1. The van der Waals surface area contributed by atoms with E-state index < -0.39 is 5.82 Å². The zero-order valence-electron chi connectivity index (χ0n) is 14.3. The van der Waals surface area contributed by atoms with Gasteiger partial charge in [-0.25, -0.2) is 14.2 Å². The molecule has 1 saturated heterocycles. The minimum Gasteiger partial charge on any atom is -0.494 e. The fourth-order valence-corrected chi connectivity index (χ4v) is 3.62. The molecule has 0 atom stereocenters. The zero-order valence-corrected chi connectivity index (χ0v) is 15.1. The molecule has 2 amide bonds. The molecule has 134 valence electrons. The van der Waals surface area contributed by atoms with E-state index in [0.29, 0.717) is 24.5 Å². The van der Waals surface area contributed by atoms with Crippen molar-refractivity contribution in [3.05, 3.63) is 35.1 Å².